The molecule has 1 aliphatic carbocycles. The van der Waals surface area contributed by atoms with Crippen molar-refractivity contribution >= 4 is 28.9 Å². The summed E-state index contributed by atoms with van der Waals surface area (Å²) in [6.07, 6.45) is -5.42. The molecule has 10 heteroatoms. The van der Waals surface area contributed by atoms with Crippen molar-refractivity contribution in [2.75, 3.05) is 18.5 Å². The Morgan fingerprint density at radius 1 is 1.45 bits per heavy atom. The Morgan fingerprint density at radius 2 is 2.14 bits per heavy atom. The van der Waals surface area contributed by atoms with E-state index < -0.39 is 41.9 Å². The Bertz CT molecular complexity index is 819. The minimum atomic E-state index is -4.54. The van der Waals surface area contributed by atoms with Crippen LogP contribution in [0.3, 0.4) is 0 Å². The monoisotopic (exact) mass is 429 g/mol. The summed E-state index contributed by atoms with van der Waals surface area (Å²) in [4.78, 5) is 15.9. The third-order valence-corrected chi connectivity index (χ3v) is 5.71. The number of nitrogens with zero attached hydrogens (tertiary/aromatic N) is 2. The van der Waals surface area contributed by atoms with Gasteiger partial charge in [-0.15, -0.1) is 6.58 Å². The van der Waals surface area contributed by atoms with Crippen LogP contribution in [0.2, 0.25) is 0 Å². The Hall–Kier alpha value is -2.17. The Kier molecular flexibility index (Phi) is 5.88. The average molecular weight is 429 g/mol. The molecule has 29 heavy (non-hydrogen) atoms. The normalized spacial score (nSPS) is 29.2. The number of carbonyl (C=O) groups is 1. The van der Waals surface area contributed by atoms with Gasteiger partial charge < -0.3 is 25.3 Å². The van der Waals surface area contributed by atoms with E-state index in [0.717, 1.165) is 12.1 Å². The highest BCUT2D eigenvalue weighted by molar-refractivity contribution is 7.80. The summed E-state index contributed by atoms with van der Waals surface area (Å²) < 4.78 is 39.6. The summed E-state index contributed by atoms with van der Waals surface area (Å²) in [6.45, 7) is 3.87. The molecule has 5 atom stereocenters. The third kappa shape index (κ3) is 3.96. The second-order valence-corrected chi connectivity index (χ2v) is 7.68. The van der Waals surface area contributed by atoms with E-state index in [0.29, 0.717) is 0 Å². The zero-order valence-electron chi connectivity index (χ0n) is 15.6. The van der Waals surface area contributed by atoms with Gasteiger partial charge in [-0.05, 0) is 36.8 Å². The number of hydrogen-bond donors (Lipinski definition) is 3. The second-order valence-electron chi connectivity index (χ2n) is 7.29. The highest BCUT2D eigenvalue weighted by Crippen LogP contribution is 2.39. The first kappa shape index (κ1) is 21.5. The fourth-order valence-electron chi connectivity index (χ4n) is 4.02. The van der Waals surface area contributed by atoms with Gasteiger partial charge in [-0.2, -0.15) is 13.2 Å². The van der Waals surface area contributed by atoms with Crippen molar-refractivity contribution < 1.29 is 28.2 Å². The molecule has 158 valence electrons. The van der Waals surface area contributed by atoms with Crippen molar-refractivity contribution in [1.29, 1.82) is 0 Å². The van der Waals surface area contributed by atoms with Crippen molar-refractivity contribution in [3.05, 3.63) is 42.5 Å². The first-order valence-corrected chi connectivity index (χ1v) is 9.46. The van der Waals surface area contributed by atoms with E-state index in [-0.39, 0.29) is 29.7 Å². The molecule has 3 rings (SSSR count). The molecular weight excluding hydrogens is 407 g/mol. The first-order valence-electron chi connectivity index (χ1n) is 9.05. The topological polar surface area (TPSA) is 76.0 Å². The van der Waals surface area contributed by atoms with Crippen LogP contribution in [0.5, 0.6) is 0 Å². The minimum Gasteiger partial charge on any atom is -0.390 e. The lowest BCUT2D eigenvalue weighted by Gasteiger charge is -2.42. The van der Waals surface area contributed by atoms with Crippen LogP contribution in [0.1, 0.15) is 12.0 Å². The minimum absolute atomic E-state index is 0.0393. The van der Waals surface area contributed by atoms with Gasteiger partial charge in [0.1, 0.15) is 6.10 Å². The summed E-state index contributed by atoms with van der Waals surface area (Å²) >= 11 is 5.32. The summed E-state index contributed by atoms with van der Waals surface area (Å²) in [5.41, 5.74) is -0.679. The molecule has 1 aromatic rings. The number of rotatable bonds is 4. The van der Waals surface area contributed by atoms with Crippen molar-refractivity contribution in [3.8, 4) is 0 Å². The molecule has 1 aliphatic heterocycles. The van der Waals surface area contributed by atoms with Crippen LogP contribution in [-0.4, -0.2) is 64.0 Å². The van der Waals surface area contributed by atoms with Crippen LogP contribution in [0.4, 0.5) is 18.9 Å². The van der Waals surface area contributed by atoms with Crippen molar-refractivity contribution in [1.82, 2.24) is 10.2 Å². The number of likely N-dealkylation sites (N-methyl/N-ethyl adjacent to an activating group) is 1. The molecule has 1 aromatic carbocycles. The van der Waals surface area contributed by atoms with Gasteiger partial charge in [0.05, 0.1) is 29.7 Å². The van der Waals surface area contributed by atoms with Gasteiger partial charge in [0.15, 0.2) is 5.11 Å². The number of amides is 1. The fraction of sp³-hybridized carbons (Fsp3) is 0.474. The number of thiocarbonyl (C=S) groups is 1. The standard InChI is InChI=1S/C19H22F3N3O3S/c1-3-7-24(2)17(28)12-9-13(26)16(27)14-15(12)25(18(29)23-14)11-6-4-5-10(8-11)19(20,21)22/h3-6,8,12-16,26-27H,1,7,9H2,2H3,(H,23,29). The zero-order valence-corrected chi connectivity index (χ0v) is 16.5. The highest BCUT2D eigenvalue weighted by Gasteiger charge is 2.54. The summed E-state index contributed by atoms with van der Waals surface area (Å²) in [7, 11) is 1.58. The molecule has 1 amide bonds. The number of anilines is 1. The van der Waals surface area contributed by atoms with E-state index in [1.807, 2.05) is 0 Å². The number of nitrogens with one attached hydrogen (secondary N) is 1. The summed E-state index contributed by atoms with van der Waals surface area (Å²) in [5, 5.41) is 23.7. The Labute approximate surface area is 171 Å². The highest BCUT2D eigenvalue weighted by atomic mass is 32.1. The van der Waals surface area contributed by atoms with Crippen LogP contribution in [0.15, 0.2) is 36.9 Å². The lowest BCUT2D eigenvalue weighted by molar-refractivity contribution is -0.140. The van der Waals surface area contributed by atoms with Gasteiger partial charge in [0, 0.05) is 19.3 Å². The molecular formula is C19H22F3N3O3S. The molecule has 3 N–H and O–H groups in total. The van der Waals surface area contributed by atoms with E-state index in [2.05, 4.69) is 11.9 Å². The van der Waals surface area contributed by atoms with E-state index in [4.69, 9.17) is 12.2 Å². The molecule has 0 spiro atoms. The van der Waals surface area contributed by atoms with Crippen LogP contribution in [-0.2, 0) is 11.0 Å². The molecule has 0 bridgehead atoms. The van der Waals surface area contributed by atoms with Crippen molar-refractivity contribution in [2.45, 2.75) is 36.9 Å². The smallest absolute Gasteiger partial charge is 0.390 e. The van der Waals surface area contributed by atoms with Gasteiger partial charge in [-0.25, -0.2) is 0 Å². The molecule has 1 saturated carbocycles. The summed E-state index contributed by atoms with van der Waals surface area (Å²) in [6, 6.07) is 3.10. The number of hydrogen-bond acceptors (Lipinski definition) is 4. The first-order chi connectivity index (χ1) is 13.6. The van der Waals surface area contributed by atoms with E-state index >= 15 is 0 Å². The molecule has 2 aliphatic rings. The average Bonchev–Trinajstić information content (AvgIpc) is 3.01. The predicted molar refractivity (Wildman–Crippen MR) is 105 cm³/mol. The lowest BCUT2D eigenvalue weighted by atomic mass is 9.77. The molecule has 1 saturated heterocycles. The molecule has 0 radical (unpaired) electrons. The van der Waals surface area contributed by atoms with Crippen LogP contribution >= 0.6 is 12.2 Å². The maximum absolute atomic E-state index is 13.2. The summed E-state index contributed by atoms with van der Waals surface area (Å²) in [5.74, 6) is -1.10. The van der Waals surface area contributed by atoms with E-state index in [1.54, 1.807) is 13.1 Å². The number of aliphatic hydroxyl groups is 2. The van der Waals surface area contributed by atoms with Crippen LogP contribution in [0.25, 0.3) is 0 Å². The van der Waals surface area contributed by atoms with Crippen molar-refractivity contribution in [2.24, 2.45) is 5.92 Å². The maximum atomic E-state index is 13.2. The SMILES string of the molecule is C=CCN(C)C(=O)C1CC(O)C(O)C2NC(=S)N(c3cccc(C(F)(F)F)c3)C12. The number of aliphatic hydroxyl groups excluding tert-OH is 2. The van der Waals surface area contributed by atoms with Gasteiger partial charge in [-0.1, -0.05) is 12.1 Å². The Balaban J connectivity index is 2.03. The van der Waals surface area contributed by atoms with Crippen molar-refractivity contribution in [3.63, 3.8) is 0 Å². The Morgan fingerprint density at radius 3 is 2.76 bits per heavy atom. The quantitative estimate of drug-likeness (QED) is 0.498. The third-order valence-electron chi connectivity index (χ3n) is 5.39. The van der Waals surface area contributed by atoms with Gasteiger partial charge in [-0.3, -0.25) is 4.79 Å². The molecule has 6 nitrogen and oxygen atoms in total. The number of fused-ring (bicyclic) bond motifs is 1. The molecule has 2 fully saturated rings. The zero-order chi connectivity index (χ0) is 21.5. The molecule has 1 heterocycles. The predicted octanol–water partition coefficient (Wildman–Crippen LogP) is 1.52. The lowest BCUT2D eigenvalue weighted by Crippen LogP contribution is -2.61. The van der Waals surface area contributed by atoms with Gasteiger partial charge >= 0.3 is 6.18 Å². The molecule has 0 aromatic heterocycles. The number of carbonyl (C=O) groups excluding carboxylic acids is 1. The molecule has 5 unspecified atom stereocenters. The van der Waals surface area contributed by atoms with Crippen LogP contribution in [0, 0.1) is 5.92 Å². The maximum Gasteiger partial charge on any atom is 0.416 e. The van der Waals surface area contributed by atoms with Crippen LogP contribution < -0.4 is 10.2 Å². The largest absolute Gasteiger partial charge is 0.416 e. The number of benzene rings is 1. The second kappa shape index (κ2) is 7.92. The van der Waals surface area contributed by atoms with Gasteiger partial charge in [0.2, 0.25) is 5.91 Å². The number of halogens is 3. The van der Waals surface area contributed by atoms with E-state index in [9.17, 15) is 28.2 Å². The van der Waals surface area contributed by atoms with E-state index in [1.165, 1.54) is 21.9 Å². The fourth-order valence-corrected chi connectivity index (χ4v) is 4.39. The number of alkyl halides is 3. The van der Waals surface area contributed by atoms with Gasteiger partial charge in [0.25, 0.3) is 0 Å².